The molecule has 2 heterocycles. The molecule has 0 radical (unpaired) electrons. The first-order valence-corrected chi connectivity index (χ1v) is 11.7. The summed E-state index contributed by atoms with van der Waals surface area (Å²) in [6.45, 7) is 3.97. The Morgan fingerprint density at radius 2 is 1.63 bits per heavy atom. The summed E-state index contributed by atoms with van der Waals surface area (Å²) in [6.07, 6.45) is 0. The Bertz CT molecular complexity index is 1140. The molecule has 0 unspecified atom stereocenters. The second-order valence-corrected chi connectivity index (χ2v) is 9.96. The van der Waals surface area contributed by atoms with Gasteiger partial charge in [-0.1, -0.05) is 47.7 Å². The highest BCUT2D eigenvalue weighted by molar-refractivity contribution is 7.91. The fraction of sp³-hybridized carbons (Fsp3) is 0.250. The van der Waals surface area contributed by atoms with E-state index in [1.54, 1.807) is 24.3 Å². The number of carbonyl (C=O) groups excluding carboxylic acids is 1. The molecule has 4 rings (SSSR count). The second-order valence-electron chi connectivity index (χ2n) is 6.87. The maximum absolute atomic E-state index is 13.0. The van der Waals surface area contributed by atoms with E-state index in [0.717, 1.165) is 22.6 Å². The van der Waals surface area contributed by atoms with Gasteiger partial charge in [-0.25, -0.2) is 8.42 Å². The van der Waals surface area contributed by atoms with Gasteiger partial charge >= 0.3 is 0 Å². The number of hydrogen-bond acceptors (Lipinski definition) is 7. The number of nitrogens with zero attached hydrogens (tertiary/aromatic N) is 4. The minimum atomic E-state index is -3.76. The third-order valence-electron chi connectivity index (χ3n) is 4.92. The summed E-state index contributed by atoms with van der Waals surface area (Å²) in [7, 11) is -3.76. The van der Waals surface area contributed by atoms with Gasteiger partial charge in [0, 0.05) is 37.4 Å². The first-order valence-electron chi connectivity index (χ1n) is 9.46. The van der Waals surface area contributed by atoms with Crippen LogP contribution in [-0.2, 0) is 10.0 Å². The maximum Gasteiger partial charge on any atom is 0.272 e. The molecule has 1 saturated heterocycles. The quantitative estimate of drug-likeness (QED) is 0.609. The first kappa shape index (κ1) is 20.5. The molecule has 0 aliphatic carbocycles. The van der Waals surface area contributed by atoms with E-state index < -0.39 is 10.0 Å². The van der Waals surface area contributed by atoms with Crippen LogP contribution in [0.2, 0.25) is 0 Å². The fourth-order valence-corrected chi connectivity index (χ4v) is 5.78. The highest BCUT2D eigenvalue weighted by Gasteiger charge is 2.32. The van der Waals surface area contributed by atoms with E-state index in [0.29, 0.717) is 31.7 Å². The average molecular weight is 444 g/mol. The van der Waals surface area contributed by atoms with Crippen molar-refractivity contribution in [3.63, 3.8) is 0 Å². The summed E-state index contributed by atoms with van der Waals surface area (Å²) in [5.74, 6) is -0.359. The molecule has 0 saturated carbocycles. The number of anilines is 2. The molecule has 10 heteroatoms. The molecule has 3 aromatic rings. The molecule has 1 amide bonds. The van der Waals surface area contributed by atoms with E-state index in [9.17, 15) is 13.2 Å². The zero-order valence-electron chi connectivity index (χ0n) is 16.4. The van der Waals surface area contributed by atoms with Gasteiger partial charge in [0.25, 0.3) is 15.9 Å². The number of aryl methyl sites for hydroxylation is 1. The predicted octanol–water partition coefficient (Wildman–Crippen LogP) is 2.61. The van der Waals surface area contributed by atoms with Crippen LogP contribution in [0, 0.1) is 6.92 Å². The summed E-state index contributed by atoms with van der Waals surface area (Å²) in [6, 6.07) is 16.7. The molecule has 0 bridgehead atoms. The van der Waals surface area contributed by atoms with Crippen LogP contribution in [0.4, 0.5) is 10.8 Å². The van der Waals surface area contributed by atoms with E-state index in [-0.39, 0.29) is 15.4 Å². The van der Waals surface area contributed by atoms with Crippen molar-refractivity contribution in [3.05, 3.63) is 65.7 Å². The fourth-order valence-electron chi connectivity index (χ4n) is 3.32. The minimum Gasteiger partial charge on any atom is -0.369 e. The normalized spacial score (nSPS) is 15.2. The van der Waals surface area contributed by atoms with Crippen LogP contribution < -0.4 is 10.2 Å². The Kier molecular flexibility index (Phi) is 5.80. The second kappa shape index (κ2) is 8.50. The summed E-state index contributed by atoms with van der Waals surface area (Å²) in [5, 5.41) is 10.4. The Balaban J connectivity index is 1.42. The van der Waals surface area contributed by atoms with Gasteiger partial charge in [-0.2, -0.15) is 4.31 Å². The van der Waals surface area contributed by atoms with Gasteiger partial charge in [0.15, 0.2) is 0 Å². The molecule has 2 aromatic carbocycles. The minimum absolute atomic E-state index is 0.116. The number of benzene rings is 2. The molecule has 8 nitrogen and oxygen atoms in total. The SMILES string of the molecule is Cc1ccccc1N1CCN(S(=O)(=O)c2nnc(NC(=O)c3ccccc3)s2)CC1. The molecule has 0 spiro atoms. The van der Waals surface area contributed by atoms with E-state index >= 15 is 0 Å². The third kappa shape index (κ3) is 4.20. The molecular weight excluding hydrogens is 422 g/mol. The van der Waals surface area contributed by atoms with Crippen molar-refractivity contribution in [2.45, 2.75) is 11.3 Å². The van der Waals surface area contributed by atoms with Crippen molar-refractivity contribution in [2.75, 3.05) is 36.4 Å². The van der Waals surface area contributed by atoms with E-state index in [2.05, 4.69) is 20.4 Å². The maximum atomic E-state index is 13.0. The topological polar surface area (TPSA) is 95.5 Å². The predicted molar refractivity (Wildman–Crippen MR) is 116 cm³/mol. The van der Waals surface area contributed by atoms with Crippen molar-refractivity contribution in [3.8, 4) is 0 Å². The summed E-state index contributed by atoms with van der Waals surface area (Å²) >= 11 is 0.859. The van der Waals surface area contributed by atoms with Crippen LogP contribution in [0.1, 0.15) is 15.9 Å². The van der Waals surface area contributed by atoms with E-state index in [1.165, 1.54) is 4.31 Å². The summed E-state index contributed by atoms with van der Waals surface area (Å²) < 4.78 is 27.2. The number of nitrogens with one attached hydrogen (secondary N) is 1. The number of carbonyl (C=O) groups is 1. The van der Waals surface area contributed by atoms with Crippen LogP contribution in [0.3, 0.4) is 0 Å². The van der Waals surface area contributed by atoms with Gasteiger partial charge in [0.05, 0.1) is 0 Å². The first-order chi connectivity index (χ1) is 14.4. The highest BCUT2D eigenvalue weighted by Crippen LogP contribution is 2.26. The van der Waals surface area contributed by atoms with Gasteiger partial charge < -0.3 is 4.90 Å². The Morgan fingerprint density at radius 3 is 2.33 bits per heavy atom. The van der Waals surface area contributed by atoms with Gasteiger partial charge in [-0.05, 0) is 30.7 Å². The lowest BCUT2D eigenvalue weighted by molar-refractivity contribution is 0.102. The zero-order chi connectivity index (χ0) is 21.1. The van der Waals surface area contributed by atoms with Crippen LogP contribution in [0.25, 0.3) is 0 Å². The van der Waals surface area contributed by atoms with E-state index in [4.69, 9.17) is 0 Å². The zero-order valence-corrected chi connectivity index (χ0v) is 18.0. The largest absolute Gasteiger partial charge is 0.369 e. The number of para-hydroxylation sites is 1. The molecule has 1 aliphatic heterocycles. The number of hydrogen-bond donors (Lipinski definition) is 1. The van der Waals surface area contributed by atoms with Gasteiger partial charge in [-0.15, -0.1) is 10.2 Å². The number of sulfonamides is 1. The van der Waals surface area contributed by atoms with Crippen LogP contribution in [0.5, 0.6) is 0 Å². The standard InChI is InChI=1S/C20H21N5O3S2/c1-15-7-5-6-10-17(15)24-11-13-25(14-12-24)30(27,28)20-23-22-19(29-20)21-18(26)16-8-3-2-4-9-16/h2-10H,11-14H2,1H3,(H,21,22,26). The molecule has 1 N–H and O–H groups in total. The monoisotopic (exact) mass is 443 g/mol. The number of piperazine rings is 1. The highest BCUT2D eigenvalue weighted by atomic mass is 32.2. The summed E-state index contributed by atoms with van der Waals surface area (Å²) in [4.78, 5) is 14.4. The molecule has 1 aliphatic rings. The summed E-state index contributed by atoms with van der Waals surface area (Å²) in [5.41, 5.74) is 2.75. The lowest BCUT2D eigenvalue weighted by Crippen LogP contribution is -2.48. The Morgan fingerprint density at radius 1 is 0.967 bits per heavy atom. The van der Waals surface area contributed by atoms with E-state index in [1.807, 2.05) is 37.3 Å². The number of aromatic nitrogens is 2. The smallest absolute Gasteiger partial charge is 0.272 e. The third-order valence-corrected chi connectivity index (χ3v) is 8.00. The van der Waals surface area contributed by atoms with Crippen molar-refractivity contribution >= 4 is 38.1 Å². The van der Waals surface area contributed by atoms with Gasteiger partial charge in [0.1, 0.15) is 0 Å². The average Bonchev–Trinajstić information content (AvgIpc) is 3.24. The number of rotatable bonds is 5. The van der Waals surface area contributed by atoms with Crippen LogP contribution in [-0.4, -0.2) is 55.0 Å². The molecule has 0 atom stereocenters. The van der Waals surface area contributed by atoms with Crippen molar-refractivity contribution in [2.24, 2.45) is 0 Å². The van der Waals surface area contributed by atoms with Crippen LogP contribution in [0.15, 0.2) is 58.9 Å². The molecule has 1 fully saturated rings. The molecular formula is C20H21N5O3S2. The van der Waals surface area contributed by atoms with Crippen LogP contribution >= 0.6 is 11.3 Å². The molecule has 156 valence electrons. The van der Waals surface area contributed by atoms with Gasteiger partial charge in [0.2, 0.25) is 9.47 Å². The Labute approximate surface area is 179 Å². The van der Waals surface area contributed by atoms with Gasteiger partial charge in [-0.3, -0.25) is 10.1 Å². The lowest BCUT2D eigenvalue weighted by atomic mass is 10.1. The number of amides is 1. The van der Waals surface area contributed by atoms with Crippen molar-refractivity contribution in [1.82, 2.24) is 14.5 Å². The molecule has 1 aromatic heterocycles. The molecule has 30 heavy (non-hydrogen) atoms. The Hall–Kier alpha value is -2.82. The lowest BCUT2D eigenvalue weighted by Gasteiger charge is -2.35. The van der Waals surface area contributed by atoms with Crippen molar-refractivity contribution < 1.29 is 13.2 Å². The van der Waals surface area contributed by atoms with Crippen molar-refractivity contribution in [1.29, 1.82) is 0 Å².